The van der Waals surface area contributed by atoms with Crippen molar-refractivity contribution in [1.29, 1.82) is 0 Å². The maximum Gasteiger partial charge on any atom is 0.146 e. The number of benzene rings is 5. The van der Waals surface area contributed by atoms with E-state index in [0.29, 0.717) is 0 Å². The number of fused-ring (bicyclic) bond motifs is 12. The molecule has 4 aromatic heterocycles. The van der Waals surface area contributed by atoms with Gasteiger partial charge in [0.15, 0.2) is 0 Å². The zero-order valence-corrected chi connectivity index (χ0v) is 21.5. The molecule has 0 aliphatic heterocycles. The van der Waals surface area contributed by atoms with Crippen LogP contribution in [0, 0.1) is 0 Å². The molecule has 0 fully saturated rings. The molecule has 0 bridgehead atoms. The van der Waals surface area contributed by atoms with Crippen molar-refractivity contribution in [2.75, 3.05) is 0 Å². The number of hydrogen-bond acceptors (Lipinski definition) is 2. The van der Waals surface area contributed by atoms with E-state index in [1.54, 1.807) is 0 Å². The molecule has 0 spiro atoms. The van der Waals surface area contributed by atoms with E-state index in [4.69, 9.17) is 9.97 Å². The number of rotatable bonds is 2. The van der Waals surface area contributed by atoms with Gasteiger partial charge >= 0.3 is 0 Å². The molecule has 5 aromatic carbocycles. The second-order valence-corrected chi connectivity index (χ2v) is 10.3. The fourth-order valence-electron chi connectivity index (χ4n) is 6.40. The highest BCUT2D eigenvalue weighted by Gasteiger charge is 2.21. The van der Waals surface area contributed by atoms with Gasteiger partial charge in [-0.15, -0.1) is 0 Å². The van der Waals surface area contributed by atoms with Gasteiger partial charge in [-0.05, 0) is 41.8 Å². The van der Waals surface area contributed by atoms with Gasteiger partial charge in [0.05, 0.1) is 33.3 Å². The molecule has 0 N–H and O–H groups in total. The van der Waals surface area contributed by atoms with Crippen LogP contribution in [0.5, 0.6) is 0 Å². The molecule has 0 aliphatic carbocycles. The molecule has 40 heavy (non-hydrogen) atoms. The molecule has 0 atom stereocenters. The van der Waals surface area contributed by atoms with Crippen molar-refractivity contribution in [3.05, 3.63) is 133 Å². The Balaban J connectivity index is 1.52. The number of para-hydroxylation sites is 3. The Bertz CT molecular complexity index is 2430. The van der Waals surface area contributed by atoms with Crippen LogP contribution in [0.4, 0.5) is 0 Å². The summed E-state index contributed by atoms with van der Waals surface area (Å²) in [5.41, 5.74) is 8.59. The van der Waals surface area contributed by atoms with Crippen molar-refractivity contribution in [3.63, 3.8) is 0 Å². The molecule has 9 aromatic rings. The minimum Gasteiger partial charge on any atom is -0.293 e. The average molecular weight is 511 g/mol. The van der Waals surface area contributed by atoms with Crippen molar-refractivity contribution >= 4 is 60.2 Å². The van der Waals surface area contributed by atoms with Gasteiger partial charge in [-0.25, -0.2) is 9.97 Å². The molecule has 0 aliphatic rings. The van der Waals surface area contributed by atoms with Crippen LogP contribution in [0.2, 0.25) is 0 Å². The molecule has 0 saturated carbocycles. The number of pyridine rings is 2. The van der Waals surface area contributed by atoms with Gasteiger partial charge in [0.1, 0.15) is 11.5 Å². The first-order chi connectivity index (χ1) is 19.9. The zero-order valence-electron chi connectivity index (χ0n) is 21.5. The van der Waals surface area contributed by atoms with Gasteiger partial charge in [0.25, 0.3) is 0 Å². The van der Waals surface area contributed by atoms with Crippen LogP contribution in [0.25, 0.3) is 77.2 Å². The Morgan fingerprint density at radius 3 is 2.05 bits per heavy atom. The summed E-state index contributed by atoms with van der Waals surface area (Å²) in [5, 5.41) is 5.96. The first-order valence-electron chi connectivity index (χ1n) is 13.5. The van der Waals surface area contributed by atoms with Crippen LogP contribution in [0.1, 0.15) is 0 Å². The van der Waals surface area contributed by atoms with E-state index in [2.05, 4.69) is 136 Å². The lowest BCUT2D eigenvalue weighted by Crippen LogP contribution is -2.00. The largest absolute Gasteiger partial charge is 0.293 e. The van der Waals surface area contributed by atoms with Gasteiger partial charge < -0.3 is 0 Å². The van der Waals surface area contributed by atoms with E-state index in [9.17, 15) is 0 Å². The lowest BCUT2D eigenvalue weighted by Gasteiger charge is -2.14. The Morgan fingerprint density at radius 1 is 0.450 bits per heavy atom. The summed E-state index contributed by atoms with van der Waals surface area (Å²) in [6, 6.07) is 46.9. The maximum absolute atomic E-state index is 5.22. The normalized spacial score (nSPS) is 12.0. The van der Waals surface area contributed by atoms with Gasteiger partial charge in [-0.1, -0.05) is 97.1 Å². The summed E-state index contributed by atoms with van der Waals surface area (Å²) in [6.45, 7) is 0. The molecular weight excluding hydrogens is 488 g/mol. The molecular formula is C36H22N4. The molecule has 186 valence electrons. The van der Waals surface area contributed by atoms with Gasteiger partial charge in [0.2, 0.25) is 0 Å². The third-order valence-electron chi connectivity index (χ3n) is 8.09. The Morgan fingerprint density at radius 2 is 1.18 bits per heavy atom. The maximum atomic E-state index is 5.22. The Hall–Kier alpha value is -5.48. The van der Waals surface area contributed by atoms with Gasteiger partial charge in [-0.3, -0.25) is 8.97 Å². The van der Waals surface area contributed by atoms with Crippen molar-refractivity contribution in [3.8, 4) is 17.1 Å². The Kier molecular flexibility index (Phi) is 4.30. The standard InChI is InChI=1S/C36H22N4/c1-2-11-23(12-3-1)28-17-10-20-33(37-28)40-30-18-8-6-13-24(30)26-21-22-32-34(35(26)40)25-14-4-5-15-27(25)36-38-29-16-7-9-19-31(29)39(32)36/h1-22H. The molecule has 0 radical (unpaired) electrons. The van der Waals surface area contributed by atoms with E-state index in [-0.39, 0.29) is 0 Å². The van der Waals surface area contributed by atoms with Crippen LogP contribution in [-0.2, 0) is 0 Å². The molecule has 4 heterocycles. The molecule has 4 nitrogen and oxygen atoms in total. The highest BCUT2D eigenvalue weighted by Crippen LogP contribution is 2.41. The van der Waals surface area contributed by atoms with Gasteiger partial charge in [0, 0.05) is 27.1 Å². The summed E-state index contributed by atoms with van der Waals surface area (Å²) >= 11 is 0. The van der Waals surface area contributed by atoms with Crippen LogP contribution in [0.15, 0.2) is 133 Å². The minimum absolute atomic E-state index is 0.903. The lowest BCUT2D eigenvalue weighted by molar-refractivity contribution is 1.09. The predicted octanol–water partition coefficient (Wildman–Crippen LogP) is 8.95. The van der Waals surface area contributed by atoms with Gasteiger partial charge in [-0.2, -0.15) is 0 Å². The summed E-state index contributed by atoms with van der Waals surface area (Å²) in [5.74, 6) is 0.903. The first-order valence-corrected chi connectivity index (χ1v) is 13.5. The van der Waals surface area contributed by atoms with Crippen molar-refractivity contribution in [2.24, 2.45) is 0 Å². The third kappa shape index (κ3) is 2.85. The highest BCUT2D eigenvalue weighted by atomic mass is 15.1. The van der Waals surface area contributed by atoms with Crippen LogP contribution in [-0.4, -0.2) is 18.9 Å². The van der Waals surface area contributed by atoms with Crippen molar-refractivity contribution < 1.29 is 0 Å². The number of aromatic nitrogens is 4. The summed E-state index contributed by atoms with van der Waals surface area (Å²) in [6.07, 6.45) is 0. The van der Waals surface area contributed by atoms with E-state index in [0.717, 1.165) is 55.7 Å². The van der Waals surface area contributed by atoms with E-state index < -0.39 is 0 Å². The van der Waals surface area contributed by atoms with Crippen LogP contribution < -0.4 is 0 Å². The number of hydrogen-bond donors (Lipinski definition) is 0. The van der Waals surface area contributed by atoms with E-state index in [1.165, 1.54) is 21.5 Å². The highest BCUT2D eigenvalue weighted by molar-refractivity contribution is 6.27. The second-order valence-electron chi connectivity index (χ2n) is 10.3. The molecule has 9 rings (SSSR count). The molecule has 0 unspecified atom stereocenters. The molecule has 0 amide bonds. The average Bonchev–Trinajstić information content (AvgIpc) is 3.58. The smallest absolute Gasteiger partial charge is 0.146 e. The Labute approximate surface area is 229 Å². The summed E-state index contributed by atoms with van der Waals surface area (Å²) in [7, 11) is 0. The fourth-order valence-corrected chi connectivity index (χ4v) is 6.40. The topological polar surface area (TPSA) is 35.1 Å². The monoisotopic (exact) mass is 510 g/mol. The summed E-state index contributed by atoms with van der Waals surface area (Å²) < 4.78 is 4.67. The fraction of sp³-hybridized carbons (Fsp3) is 0. The first kappa shape index (κ1) is 21.5. The van der Waals surface area contributed by atoms with Crippen molar-refractivity contribution in [2.45, 2.75) is 0 Å². The third-order valence-corrected chi connectivity index (χ3v) is 8.09. The van der Waals surface area contributed by atoms with E-state index in [1.807, 2.05) is 6.07 Å². The predicted molar refractivity (Wildman–Crippen MR) is 165 cm³/mol. The lowest BCUT2D eigenvalue weighted by atomic mass is 10.0. The minimum atomic E-state index is 0.903. The van der Waals surface area contributed by atoms with E-state index >= 15 is 0 Å². The number of nitrogens with zero attached hydrogens (tertiary/aromatic N) is 4. The van der Waals surface area contributed by atoms with Crippen LogP contribution in [0.3, 0.4) is 0 Å². The quantitative estimate of drug-likeness (QED) is 0.218. The molecule has 0 saturated heterocycles. The van der Waals surface area contributed by atoms with Crippen molar-refractivity contribution in [1.82, 2.24) is 18.9 Å². The number of imidazole rings is 1. The zero-order chi connectivity index (χ0) is 26.2. The molecule has 4 heteroatoms. The second kappa shape index (κ2) is 8.01. The van der Waals surface area contributed by atoms with Crippen LogP contribution >= 0.6 is 0 Å². The summed E-state index contributed by atoms with van der Waals surface area (Å²) in [4.78, 5) is 10.3. The SMILES string of the molecule is c1ccc(-c2cccc(-n3c4ccccc4c4ccc5c(c6ccccc6c6nc7ccccc7n56)c43)n2)cc1.